The van der Waals surface area contributed by atoms with Crippen LogP contribution < -0.4 is 5.32 Å². The number of aromatic amines is 1. The smallest absolute Gasteiger partial charge is 0.388 e. The highest BCUT2D eigenvalue weighted by Crippen LogP contribution is 2.36. The summed E-state index contributed by atoms with van der Waals surface area (Å²) in [5.74, 6) is -1.36. The van der Waals surface area contributed by atoms with Crippen LogP contribution in [0.4, 0.5) is 13.2 Å². The molecule has 206 valence electrons. The summed E-state index contributed by atoms with van der Waals surface area (Å²) in [7, 11) is 0. The highest BCUT2D eigenvalue weighted by Gasteiger charge is 2.41. The number of aryl methyl sites for hydroxylation is 1. The molecule has 8 nitrogen and oxygen atoms in total. The molecule has 1 aliphatic rings. The van der Waals surface area contributed by atoms with Crippen LogP contribution in [0, 0.1) is 6.92 Å². The predicted molar refractivity (Wildman–Crippen MR) is 143 cm³/mol. The van der Waals surface area contributed by atoms with Crippen LogP contribution in [0.15, 0.2) is 60.8 Å². The number of carbonyl (C=O) groups is 1. The number of aromatic nitrogens is 5. The van der Waals surface area contributed by atoms with Crippen molar-refractivity contribution < 1.29 is 23.1 Å². The number of nitrogens with one attached hydrogen (secondary N) is 2. The largest absolute Gasteiger partial charge is 0.449 e. The summed E-state index contributed by atoms with van der Waals surface area (Å²) in [5, 5.41) is 22.6. The van der Waals surface area contributed by atoms with E-state index in [-0.39, 0.29) is 24.4 Å². The van der Waals surface area contributed by atoms with Gasteiger partial charge in [0.05, 0.1) is 28.7 Å². The Balaban J connectivity index is 1.22. The average molecular weight is 549 g/mol. The van der Waals surface area contributed by atoms with E-state index < -0.39 is 23.6 Å². The maximum atomic E-state index is 13.8. The molecule has 1 amide bonds. The molecule has 3 N–H and O–H groups in total. The summed E-state index contributed by atoms with van der Waals surface area (Å²) in [4.78, 5) is 21.3. The molecule has 11 heteroatoms. The van der Waals surface area contributed by atoms with Gasteiger partial charge >= 0.3 is 6.18 Å². The number of hydrogen-bond donors (Lipinski definition) is 3. The molecule has 0 radical (unpaired) electrons. The molecule has 1 aliphatic carbocycles. The SMILES string of the molecule is Cc1cc(-c2n[nH]c3ccc(C(=O)N[C@@H]4CCC[C@@](O)(Cn5c(C(F)(F)F)nc6ccccc65)C4)cc23)ccn1. The minimum atomic E-state index is -4.67. The summed E-state index contributed by atoms with van der Waals surface area (Å²) < 4.78 is 42.5. The van der Waals surface area contributed by atoms with E-state index in [2.05, 4.69) is 25.5 Å². The number of benzene rings is 2. The van der Waals surface area contributed by atoms with Crippen LogP contribution in [0.2, 0.25) is 0 Å². The fraction of sp³-hybridized carbons (Fsp3) is 0.310. The van der Waals surface area contributed by atoms with Crippen molar-refractivity contribution in [2.45, 2.75) is 57.0 Å². The Hall–Kier alpha value is -4.25. The Morgan fingerprint density at radius 2 is 2.02 bits per heavy atom. The zero-order chi connectivity index (χ0) is 28.1. The number of imidazole rings is 1. The number of carbonyl (C=O) groups excluding carboxylic acids is 1. The van der Waals surface area contributed by atoms with Gasteiger partial charge in [-0.15, -0.1) is 0 Å². The normalized spacial score (nSPS) is 19.8. The summed E-state index contributed by atoms with van der Waals surface area (Å²) in [6.07, 6.45) is -1.35. The Labute approximate surface area is 227 Å². The molecular weight excluding hydrogens is 521 g/mol. The van der Waals surface area contributed by atoms with Gasteiger partial charge in [0.2, 0.25) is 5.82 Å². The van der Waals surface area contributed by atoms with E-state index in [4.69, 9.17) is 0 Å². The summed E-state index contributed by atoms with van der Waals surface area (Å²) in [6, 6.07) is 15.0. The van der Waals surface area contributed by atoms with Crippen molar-refractivity contribution in [1.82, 2.24) is 30.0 Å². The van der Waals surface area contributed by atoms with Gasteiger partial charge in [0, 0.05) is 34.4 Å². The van der Waals surface area contributed by atoms with Crippen molar-refractivity contribution in [3.63, 3.8) is 0 Å². The summed E-state index contributed by atoms with van der Waals surface area (Å²) >= 11 is 0. The molecule has 0 spiro atoms. The van der Waals surface area contributed by atoms with E-state index >= 15 is 0 Å². The molecule has 2 aromatic carbocycles. The van der Waals surface area contributed by atoms with Crippen molar-refractivity contribution in [2.75, 3.05) is 0 Å². The van der Waals surface area contributed by atoms with Crippen LogP contribution in [0.1, 0.15) is 47.6 Å². The van der Waals surface area contributed by atoms with E-state index in [1.807, 2.05) is 19.1 Å². The lowest BCUT2D eigenvalue weighted by molar-refractivity contribution is -0.148. The monoisotopic (exact) mass is 548 g/mol. The Kier molecular flexibility index (Phi) is 6.33. The van der Waals surface area contributed by atoms with Gasteiger partial charge in [-0.2, -0.15) is 18.3 Å². The number of amides is 1. The highest BCUT2D eigenvalue weighted by atomic mass is 19.4. The molecule has 1 saturated carbocycles. The predicted octanol–water partition coefficient (Wildman–Crippen LogP) is 5.41. The van der Waals surface area contributed by atoms with Gasteiger partial charge in [0.25, 0.3) is 5.91 Å². The number of aliphatic hydroxyl groups is 1. The van der Waals surface area contributed by atoms with Gasteiger partial charge < -0.3 is 15.0 Å². The molecule has 0 unspecified atom stereocenters. The lowest BCUT2D eigenvalue weighted by Gasteiger charge is -2.37. The third-order valence-electron chi connectivity index (χ3n) is 7.51. The van der Waals surface area contributed by atoms with E-state index in [9.17, 15) is 23.1 Å². The maximum absolute atomic E-state index is 13.8. The van der Waals surface area contributed by atoms with Crippen molar-refractivity contribution in [3.8, 4) is 11.3 Å². The first-order chi connectivity index (χ1) is 19.1. The van der Waals surface area contributed by atoms with Gasteiger partial charge in [0.15, 0.2) is 0 Å². The number of H-pyrrole nitrogens is 1. The van der Waals surface area contributed by atoms with Crippen LogP contribution in [0.25, 0.3) is 33.2 Å². The zero-order valence-corrected chi connectivity index (χ0v) is 21.7. The Morgan fingerprint density at radius 3 is 2.83 bits per heavy atom. The van der Waals surface area contributed by atoms with E-state index in [0.29, 0.717) is 36.0 Å². The van der Waals surface area contributed by atoms with Crippen LogP contribution in [-0.2, 0) is 12.7 Å². The Morgan fingerprint density at radius 1 is 1.20 bits per heavy atom. The number of halogens is 3. The first-order valence-electron chi connectivity index (χ1n) is 13.1. The molecule has 0 saturated heterocycles. The topological polar surface area (TPSA) is 109 Å². The molecule has 40 heavy (non-hydrogen) atoms. The molecule has 1 fully saturated rings. The molecular formula is C29H27F3N6O2. The molecule has 3 aromatic heterocycles. The van der Waals surface area contributed by atoms with Crippen molar-refractivity contribution in [2.24, 2.45) is 0 Å². The number of nitrogens with zero attached hydrogens (tertiary/aromatic N) is 4. The first kappa shape index (κ1) is 26.0. The molecule has 5 aromatic rings. The standard InChI is InChI=1S/C29H27F3N6O2/c1-17-13-18(10-12-33-17)25-21-14-19(8-9-22(21)36-37-25)26(39)34-20-5-4-11-28(40,15-20)16-38-24-7-3-2-6-23(24)35-27(38)29(30,31)32/h2-3,6-10,12-14,20,40H,4-5,11,15-16H2,1H3,(H,34,39)(H,36,37)/t20-,28+/m1/s1. The molecule has 6 rings (SSSR count). The molecule has 0 bridgehead atoms. The molecule has 3 heterocycles. The van der Waals surface area contributed by atoms with Crippen LogP contribution in [-0.4, -0.2) is 47.4 Å². The van der Waals surface area contributed by atoms with Gasteiger partial charge in [0.1, 0.15) is 5.69 Å². The van der Waals surface area contributed by atoms with Crippen LogP contribution >= 0.6 is 0 Å². The van der Waals surface area contributed by atoms with Crippen LogP contribution in [0.5, 0.6) is 0 Å². The zero-order valence-electron chi connectivity index (χ0n) is 21.7. The fourth-order valence-electron chi connectivity index (χ4n) is 5.69. The fourth-order valence-corrected chi connectivity index (χ4v) is 5.69. The molecule has 0 aliphatic heterocycles. The maximum Gasteiger partial charge on any atom is 0.449 e. The number of rotatable bonds is 5. The second-order valence-electron chi connectivity index (χ2n) is 10.5. The average Bonchev–Trinajstić information content (AvgIpc) is 3.50. The highest BCUT2D eigenvalue weighted by molar-refractivity contribution is 6.01. The number of alkyl halides is 3. The van der Waals surface area contributed by atoms with Crippen LogP contribution in [0.3, 0.4) is 0 Å². The summed E-state index contributed by atoms with van der Waals surface area (Å²) in [5.41, 5.74) is 2.71. The first-order valence-corrected chi connectivity index (χ1v) is 13.1. The number of para-hydroxylation sites is 2. The second kappa shape index (κ2) is 9.74. The second-order valence-corrected chi connectivity index (χ2v) is 10.5. The van der Waals surface area contributed by atoms with Gasteiger partial charge in [-0.25, -0.2) is 4.98 Å². The summed E-state index contributed by atoms with van der Waals surface area (Å²) in [6.45, 7) is 1.62. The third-order valence-corrected chi connectivity index (χ3v) is 7.51. The minimum absolute atomic E-state index is 0.123. The number of fused-ring (bicyclic) bond motifs is 2. The van der Waals surface area contributed by atoms with E-state index in [0.717, 1.165) is 26.7 Å². The van der Waals surface area contributed by atoms with Crippen molar-refractivity contribution >= 4 is 27.8 Å². The number of hydrogen-bond acceptors (Lipinski definition) is 5. The van der Waals surface area contributed by atoms with E-state index in [1.165, 1.54) is 6.07 Å². The minimum Gasteiger partial charge on any atom is -0.388 e. The van der Waals surface area contributed by atoms with Gasteiger partial charge in [-0.05, 0) is 75.1 Å². The third kappa shape index (κ3) is 4.92. The quantitative estimate of drug-likeness (QED) is 0.272. The number of pyridine rings is 1. The molecule has 2 atom stereocenters. The van der Waals surface area contributed by atoms with Gasteiger partial charge in [-0.3, -0.25) is 14.9 Å². The Bertz CT molecular complexity index is 1730. The van der Waals surface area contributed by atoms with Gasteiger partial charge in [-0.1, -0.05) is 12.1 Å². The lowest BCUT2D eigenvalue weighted by Crippen LogP contribution is -2.48. The van der Waals surface area contributed by atoms with E-state index in [1.54, 1.807) is 42.6 Å². The lowest BCUT2D eigenvalue weighted by atomic mass is 9.81. The van der Waals surface area contributed by atoms with Crippen molar-refractivity contribution in [1.29, 1.82) is 0 Å². The van der Waals surface area contributed by atoms with Crippen molar-refractivity contribution in [3.05, 3.63) is 77.9 Å².